The average Bonchev–Trinajstić information content (AvgIpc) is 2.48. The summed E-state index contributed by atoms with van der Waals surface area (Å²) in [6, 6.07) is 4.21. The van der Waals surface area contributed by atoms with E-state index in [0.717, 1.165) is 24.1 Å². The Balaban J connectivity index is 1.64. The number of rotatable bonds is 3. The number of piperidine rings is 1. The van der Waals surface area contributed by atoms with Gasteiger partial charge in [-0.05, 0) is 42.9 Å². The summed E-state index contributed by atoms with van der Waals surface area (Å²) in [5.41, 5.74) is 8.16. The van der Waals surface area contributed by atoms with Gasteiger partial charge in [0, 0.05) is 25.8 Å². The van der Waals surface area contributed by atoms with Crippen molar-refractivity contribution in [3.05, 3.63) is 29.6 Å². The van der Waals surface area contributed by atoms with Gasteiger partial charge in [0.05, 0.1) is 5.69 Å². The van der Waals surface area contributed by atoms with Gasteiger partial charge in [-0.2, -0.15) is 0 Å². The first-order valence-corrected chi connectivity index (χ1v) is 7.72. The van der Waals surface area contributed by atoms with Crippen molar-refractivity contribution in [2.75, 3.05) is 13.1 Å². The van der Waals surface area contributed by atoms with Crippen LogP contribution in [0.25, 0.3) is 0 Å². The molecule has 2 unspecified atom stereocenters. The summed E-state index contributed by atoms with van der Waals surface area (Å²) < 4.78 is 0. The second-order valence-corrected chi connectivity index (χ2v) is 6.14. The van der Waals surface area contributed by atoms with Crippen molar-refractivity contribution in [3.8, 4) is 0 Å². The normalized spacial score (nSPS) is 28.1. The highest BCUT2D eigenvalue weighted by Crippen LogP contribution is 2.36. The Labute approximate surface area is 116 Å². The number of nitrogens with two attached hydrogens (primary N) is 1. The van der Waals surface area contributed by atoms with Crippen molar-refractivity contribution in [2.45, 2.75) is 45.2 Å². The molecule has 1 saturated heterocycles. The molecule has 104 valence electrons. The van der Waals surface area contributed by atoms with E-state index in [4.69, 9.17) is 5.73 Å². The van der Waals surface area contributed by atoms with Crippen LogP contribution in [0.4, 0.5) is 0 Å². The molecule has 0 radical (unpaired) electrons. The van der Waals surface area contributed by atoms with Crippen molar-refractivity contribution < 1.29 is 0 Å². The van der Waals surface area contributed by atoms with E-state index >= 15 is 0 Å². The lowest BCUT2D eigenvalue weighted by atomic mass is 9.75. The molecule has 2 atom stereocenters. The van der Waals surface area contributed by atoms with Crippen LogP contribution < -0.4 is 5.73 Å². The van der Waals surface area contributed by atoms with Crippen molar-refractivity contribution in [3.63, 3.8) is 0 Å². The number of pyridine rings is 1. The fourth-order valence-electron chi connectivity index (χ4n) is 3.86. The quantitative estimate of drug-likeness (QED) is 0.907. The van der Waals surface area contributed by atoms with E-state index in [1.54, 1.807) is 0 Å². The van der Waals surface area contributed by atoms with E-state index in [1.165, 1.54) is 50.8 Å². The summed E-state index contributed by atoms with van der Waals surface area (Å²) in [4.78, 5) is 7.01. The second-order valence-electron chi connectivity index (χ2n) is 6.14. The molecule has 1 aliphatic carbocycles. The maximum atomic E-state index is 5.78. The SMILES string of the molecule is NCc1ncccc1CN1CCC2CCCCC2C1. The summed E-state index contributed by atoms with van der Waals surface area (Å²) in [6.07, 6.45) is 9.05. The van der Waals surface area contributed by atoms with Crippen LogP contribution in [-0.2, 0) is 13.1 Å². The molecule has 1 aliphatic heterocycles. The number of aromatic nitrogens is 1. The molecule has 3 heteroatoms. The first kappa shape index (κ1) is 13.1. The summed E-state index contributed by atoms with van der Waals surface area (Å²) in [5, 5.41) is 0. The van der Waals surface area contributed by atoms with Crippen LogP contribution in [0.2, 0.25) is 0 Å². The highest BCUT2D eigenvalue weighted by atomic mass is 15.1. The molecule has 0 spiro atoms. The largest absolute Gasteiger partial charge is 0.325 e. The smallest absolute Gasteiger partial charge is 0.0584 e. The monoisotopic (exact) mass is 259 g/mol. The molecule has 3 nitrogen and oxygen atoms in total. The minimum absolute atomic E-state index is 0.552. The summed E-state index contributed by atoms with van der Waals surface area (Å²) in [7, 11) is 0. The Morgan fingerprint density at radius 3 is 2.89 bits per heavy atom. The number of nitrogens with zero attached hydrogens (tertiary/aromatic N) is 2. The van der Waals surface area contributed by atoms with Gasteiger partial charge in [-0.3, -0.25) is 9.88 Å². The molecular formula is C16H25N3. The minimum Gasteiger partial charge on any atom is -0.325 e. The maximum Gasteiger partial charge on any atom is 0.0584 e. The van der Waals surface area contributed by atoms with E-state index in [9.17, 15) is 0 Å². The van der Waals surface area contributed by atoms with Crippen LogP contribution in [0.15, 0.2) is 18.3 Å². The Bertz CT molecular complexity index is 418. The molecule has 2 fully saturated rings. The summed E-state index contributed by atoms with van der Waals surface area (Å²) in [6.45, 7) is 4.11. The molecule has 19 heavy (non-hydrogen) atoms. The molecule has 1 aromatic heterocycles. The van der Waals surface area contributed by atoms with E-state index in [-0.39, 0.29) is 0 Å². The van der Waals surface area contributed by atoms with E-state index in [1.807, 2.05) is 12.3 Å². The van der Waals surface area contributed by atoms with Gasteiger partial charge in [-0.25, -0.2) is 0 Å². The molecule has 2 heterocycles. The lowest BCUT2D eigenvalue weighted by Gasteiger charge is -2.41. The lowest BCUT2D eigenvalue weighted by Crippen LogP contribution is -2.41. The van der Waals surface area contributed by atoms with E-state index in [0.29, 0.717) is 6.54 Å². The number of likely N-dealkylation sites (tertiary alicyclic amines) is 1. The van der Waals surface area contributed by atoms with Crippen molar-refractivity contribution in [1.29, 1.82) is 0 Å². The zero-order valence-electron chi connectivity index (χ0n) is 11.7. The lowest BCUT2D eigenvalue weighted by molar-refractivity contribution is 0.0818. The van der Waals surface area contributed by atoms with E-state index < -0.39 is 0 Å². The van der Waals surface area contributed by atoms with Gasteiger partial charge in [0.15, 0.2) is 0 Å². The van der Waals surface area contributed by atoms with Crippen LogP contribution in [0.3, 0.4) is 0 Å². The molecule has 3 rings (SSSR count). The van der Waals surface area contributed by atoms with Gasteiger partial charge in [0.1, 0.15) is 0 Å². The van der Waals surface area contributed by atoms with Crippen LogP contribution in [-0.4, -0.2) is 23.0 Å². The number of fused-ring (bicyclic) bond motifs is 1. The predicted molar refractivity (Wildman–Crippen MR) is 77.5 cm³/mol. The second kappa shape index (κ2) is 6.02. The zero-order valence-corrected chi connectivity index (χ0v) is 11.7. The molecular weight excluding hydrogens is 234 g/mol. The molecule has 2 N–H and O–H groups in total. The topological polar surface area (TPSA) is 42.1 Å². The van der Waals surface area contributed by atoms with Crippen LogP contribution >= 0.6 is 0 Å². The fourth-order valence-corrected chi connectivity index (χ4v) is 3.86. The molecule has 0 amide bonds. The molecule has 2 aliphatic rings. The van der Waals surface area contributed by atoms with Crippen molar-refractivity contribution >= 4 is 0 Å². The summed E-state index contributed by atoms with van der Waals surface area (Å²) >= 11 is 0. The number of hydrogen-bond acceptors (Lipinski definition) is 3. The Morgan fingerprint density at radius 2 is 2.05 bits per heavy atom. The Kier molecular flexibility index (Phi) is 4.14. The fraction of sp³-hybridized carbons (Fsp3) is 0.688. The van der Waals surface area contributed by atoms with Crippen LogP contribution in [0.1, 0.15) is 43.4 Å². The molecule has 0 aromatic carbocycles. The van der Waals surface area contributed by atoms with Gasteiger partial charge in [0.25, 0.3) is 0 Å². The predicted octanol–water partition coefficient (Wildman–Crippen LogP) is 2.55. The number of hydrogen-bond donors (Lipinski definition) is 1. The van der Waals surface area contributed by atoms with Crippen molar-refractivity contribution in [2.24, 2.45) is 17.6 Å². The Hall–Kier alpha value is -0.930. The van der Waals surface area contributed by atoms with Crippen LogP contribution in [0, 0.1) is 11.8 Å². The summed E-state index contributed by atoms with van der Waals surface area (Å²) in [5.74, 6) is 1.95. The molecule has 0 bridgehead atoms. The van der Waals surface area contributed by atoms with E-state index in [2.05, 4.69) is 16.0 Å². The van der Waals surface area contributed by atoms with Crippen molar-refractivity contribution in [1.82, 2.24) is 9.88 Å². The third-order valence-electron chi connectivity index (χ3n) is 4.95. The zero-order chi connectivity index (χ0) is 13.1. The van der Waals surface area contributed by atoms with Gasteiger partial charge >= 0.3 is 0 Å². The van der Waals surface area contributed by atoms with Crippen LogP contribution in [0.5, 0.6) is 0 Å². The third kappa shape index (κ3) is 2.98. The van der Waals surface area contributed by atoms with Gasteiger partial charge in [0.2, 0.25) is 0 Å². The van der Waals surface area contributed by atoms with Gasteiger partial charge < -0.3 is 5.73 Å². The molecule has 1 saturated carbocycles. The van der Waals surface area contributed by atoms with Gasteiger partial charge in [-0.1, -0.05) is 25.3 Å². The first-order valence-electron chi connectivity index (χ1n) is 7.72. The highest BCUT2D eigenvalue weighted by molar-refractivity contribution is 5.19. The van der Waals surface area contributed by atoms with Gasteiger partial charge in [-0.15, -0.1) is 0 Å². The highest BCUT2D eigenvalue weighted by Gasteiger charge is 2.31. The third-order valence-corrected chi connectivity index (χ3v) is 4.95. The standard InChI is InChI=1S/C16H25N3/c17-10-16-15(6-3-8-18-16)12-19-9-7-13-4-1-2-5-14(13)11-19/h3,6,8,13-14H,1-2,4-5,7,9-12,17H2. The molecule has 1 aromatic rings. The maximum absolute atomic E-state index is 5.78. The first-order chi connectivity index (χ1) is 9.36. The Morgan fingerprint density at radius 1 is 1.21 bits per heavy atom. The average molecular weight is 259 g/mol. The minimum atomic E-state index is 0.552.